The van der Waals surface area contributed by atoms with E-state index in [-0.39, 0.29) is 17.4 Å². The standard InChI is InChI=1S/C20H25FN2O7S2/c1-19(2,32(28,29)15-7-6-13(10-14(15)21)31(3,26)27)18(25)22-17-11-16(23-30-17)20(12-24)8-4-5-9-20/h6-7,10-11,24H,4-5,8-9,12H2,1-3H3,(H,22,25). The summed E-state index contributed by atoms with van der Waals surface area (Å²) < 4.78 is 66.8. The van der Waals surface area contributed by atoms with E-state index in [0.29, 0.717) is 24.6 Å². The molecule has 2 N–H and O–H groups in total. The van der Waals surface area contributed by atoms with Gasteiger partial charge in [-0.2, -0.15) is 0 Å². The SMILES string of the molecule is CC(C)(C(=O)Nc1cc(C2(CO)CCCC2)no1)S(=O)(=O)c1ccc(S(C)(=O)=O)cc1F. The van der Waals surface area contributed by atoms with Crippen molar-refractivity contribution in [3.8, 4) is 0 Å². The smallest absolute Gasteiger partial charge is 0.248 e. The summed E-state index contributed by atoms with van der Waals surface area (Å²) in [6, 6.07) is 3.85. The Morgan fingerprint density at radius 2 is 1.84 bits per heavy atom. The Bertz CT molecular complexity index is 1240. The van der Waals surface area contributed by atoms with Crippen molar-refractivity contribution in [1.82, 2.24) is 5.16 Å². The number of aliphatic hydroxyl groups excluding tert-OH is 1. The van der Waals surface area contributed by atoms with Crippen LogP contribution in [-0.4, -0.2) is 50.6 Å². The molecule has 1 saturated carbocycles. The molecule has 1 amide bonds. The number of hydrogen-bond acceptors (Lipinski definition) is 8. The Kier molecular flexibility index (Phi) is 6.26. The van der Waals surface area contributed by atoms with Gasteiger partial charge in [0.25, 0.3) is 0 Å². The number of halogens is 1. The van der Waals surface area contributed by atoms with Crippen LogP contribution in [0.3, 0.4) is 0 Å². The van der Waals surface area contributed by atoms with Crippen LogP contribution in [0.5, 0.6) is 0 Å². The average Bonchev–Trinajstić information content (AvgIpc) is 3.37. The summed E-state index contributed by atoms with van der Waals surface area (Å²) in [6.07, 6.45) is 4.14. The monoisotopic (exact) mass is 488 g/mol. The van der Waals surface area contributed by atoms with Crippen molar-refractivity contribution in [2.45, 2.75) is 59.5 Å². The quantitative estimate of drug-likeness (QED) is 0.604. The van der Waals surface area contributed by atoms with Gasteiger partial charge in [-0.15, -0.1) is 0 Å². The van der Waals surface area contributed by atoms with Crippen molar-refractivity contribution in [3.05, 3.63) is 35.8 Å². The fourth-order valence-corrected chi connectivity index (χ4v) is 5.76. The highest BCUT2D eigenvalue weighted by molar-refractivity contribution is 7.93. The van der Waals surface area contributed by atoms with Gasteiger partial charge in [-0.25, -0.2) is 21.2 Å². The van der Waals surface area contributed by atoms with Gasteiger partial charge in [0.1, 0.15) is 15.5 Å². The molecule has 3 rings (SSSR count). The van der Waals surface area contributed by atoms with Gasteiger partial charge in [-0.1, -0.05) is 18.0 Å². The van der Waals surface area contributed by atoms with Crippen molar-refractivity contribution in [2.24, 2.45) is 0 Å². The van der Waals surface area contributed by atoms with E-state index in [1.54, 1.807) is 0 Å². The lowest BCUT2D eigenvalue weighted by atomic mass is 9.84. The van der Waals surface area contributed by atoms with Gasteiger partial charge < -0.3 is 9.63 Å². The molecule has 1 aromatic heterocycles. The summed E-state index contributed by atoms with van der Waals surface area (Å²) in [4.78, 5) is 11.6. The molecule has 12 heteroatoms. The third kappa shape index (κ3) is 4.18. The normalized spacial score (nSPS) is 16.8. The molecule has 0 saturated heterocycles. The second kappa shape index (κ2) is 8.23. The molecule has 0 radical (unpaired) electrons. The first-order chi connectivity index (χ1) is 14.7. The van der Waals surface area contributed by atoms with Gasteiger partial charge in [0.05, 0.1) is 17.2 Å². The maximum atomic E-state index is 14.5. The van der Waals surface area contributed by atoms with Crippen LogP contribution in [0.25, 0.3) is 0 Å². The number of anilines is 1. The maximum absolute atomic E-state index is 14.5. The van der Waals surface area contributed by atoms with Crippen LogP contribution in [0, 0.1) is 5.82 Å². The molecule has 0 bridgehead atoms. The highest BCUT2D eigenvalue weighted by Gasteiger charge is 2.45. The highest BCUT2D eigenvalue weighted by Crippen LogP contribution is 2.41. The van der Waals surface area contributed by atoms with E-state index in [1.165, 1.54) is 6.07 Å². The third-order valence-corrected chi connectivity index (χ3v) is 9.54. The Morgan fingerprint density at radius 1 is 1.22 bits per heavy atom. The molecule has 1 fully saturated rings. The Morgan fingerprint density at radius 3 is 2.38 bits per heavy atom. The first kappa shape index (κ1) is 24.3. The fraction of sp³-hybridized carbons (Fsp3) is 0.500. The predicted molar refractivity (Wildman–Crippen MR) is 113 cm³/mol. The Balaban J connectivity index is 1.87. The van der Waals surface area contributed by atoms with Gasteiger partial charge in [0.2, 0.25) is 11.8 Å². The van der Waals surface area contributed by atoms with E-state index >= 15 is 0 Å². The number of carbonyl (C=O) groups excluding carboxylic acids is 1. The number of amides is 1. The van der Waals surface area contributed by atoms with Crippen molar-refractivity contribution in [1.29, 1.82) is 0 Å². The first-order valence-electron chi connectivity index (χ1n) is 9.88. The van der Waals surface area contributed by atoms with Gasteiger partial charge in [-0.3, -0.25) is 10.1 Å². The lowest BCUT2D eigenvalue weighted by Gasteiger charge is -2.23. The molecule has 0 spiro atoms. The van der Waals surface area contributed by atoms with E-state index in [4.69, 9.17) is 4.52 Å². The first-order valence-corrected chi connectivity index (χ1v) is 13.3. The molecule has 0 aliphatic heterocycles. The molecule has 0 unspecified atom stereocenters. The average molecular weight is 489 g/mol. The minimum absolute atomic E-state index is 0.0964. The van der Waals surface area contributed by atoms with Crippen LogP contribution < -0.4 is 5.32 Å². The molecule has 1 aromatic carbocycles. The molecule has 0 atom stereocenters. The summed E-state index contributed by atoms with van der Waals surface area (Å²) >= 11 is 0. The number of hydrogen-bond donors (Lipinski definition) is 2. The van der Waals surface area contributed by atoms with Crippen LogP contribution in [0.1, 0.15) is 45.2 Å². The number of sulfone groups is 2. The molecule has 176 valence electrons. The number of benzene rings is 1. The molecular weight excluding hydrogens is 463 g/mol. The zero-order valence-corrected chi connectivity index (χ0v) is 19.5. The predicted octanol–water partition coefficient (Wildman–Crippen LogP) is 2.21. The summed E-state index contributed by atoms with van der Waals surface area (Å²) in [6.45, 7) is 2.08. The molecule has 9 nitrogen and oxygen atoms in total. The number of aromatic nitrogens is 1. The number of nitrogens with zero attached hydrogens (tertiary/aromatic N) is 1. The van der Waals surface area contributed by atoms with Crippen LogP contribution >= 0.6 is 0 Å². The lowest BCUT2D eigenvalue weighted by Crippen LogP contribution is -2.44. The minimum Gasteiger partial charge on any atom is -0.395 e. The number of rotatable bonds is 7. The number of carbonyl (C=O) groups is 1. The van der Waals surface area contributed by atoms with Crippen LogP contribution in [0.2, 0.25) is 0 Å². The van der Waals surface area contributed by atoms with Gasteiger partial charge in [-0.05, 0) is 44.9 Å². The van der Waals surface area contributed by atoms with Crippen molar-refractivity contribution >= 4 is 31.5 Å². The summed E-state index contributed by atoms with van der Waals surface area (Å²) in [5, 5.41) is 16.1. The van der Waals surface area contributed by atoms with E-state index in [9.17, 15) is 31.1 Å². The largest absolute Gasteiger partial charge is 0.395 e. The summed E-state index contributed by atoms with van der Waals surface area (Å²) in [5.41, 5.74) is -0.0886. The van der Waals surface area contributed by atoms with Crippen LogP contribution in [0.4, 0.5) is 10.3 Å². The molecule has 1 aliphatic rings. The molecule has 1 aliphatic carbocycles. The molecule has 32 heavy (non-hydrogen) atoms. The molecular formula is C20H25FN2O7S2. The minimum atomic E-state index is -4.56. The van der Waals surface area contributed by atoms with Gasteiger partial charge in [0, 0.05) is 17.7 Å². The van der Waals surface area contributed by atoms with Crippen molar-refractivity contribution in [2.75, 3.05) is 18.2 Å². The van der Waals surface area contributed by atoms with E-state index < -0.39 is 46.5 Å². The highest BCUT2D eigenvalue weighted by atomic mass is 32.2. The molecule has 1 heterocycles. The number of nitrogens with one attached hydrogen (secondary N) is 1. The fourth-order valence-electron chi connectivity index (χ4n) is 3.72. The summed E-state index contributed by atoms with van der Waals surface area (Å²) in [7, 11) is -8.30. The topological polar surface area (TPSA) is 144 Å². The zero-order chi connectivity index (χ0) is 23.9. The Labute approximate surface area is 185 Å². The van der Waals surface area contributed by atoms with Gasteiger partial charge in [0.15, 0.2) is 19.7 Å². The summed E-state index contributed by atoms with van der Waals surface area (Å²) in [5.74, 6) is -2.36. The second-order valence-electron chi connectivity index (χ2n) is 8.55. The lowest BCUT2D eigenvalue weighted by molar-refractivity contribution is -0.118. The van der Waals surface area contributed by atoms with E-state index in [0.717, 1.165) is 45.1 Å². The van der Waals surface area contributed by atoms with Gasteiger partial charge >= 0.3 is 0 Å². The van der Waals surface area contributed by atoms with E-state index in [1.807, 2.05) is 0 Å². The molecule has 2 aromatic rings. The van der Waals surface area contributed by atoms with Crippen molar-refractivity contribution < 1.29 is 35.7 Å². The Hall–Kier alpha value is -2.31. The van der Waals surface area contributed by atoms with Crippen LogP contribution in [0.15, 0.2) is 38.6 Å². The van der Waals surface area contributed by atoms with Crippen molar-refractivity contribution in [3.63, 3.8) is 0 Å². The van der Waals surface area contributed by atoms with E-state index in [2.05, 4.69) is 10.5 Å². The second-order valence-corrected chi connectivity index (χ2v) is 13.0. The van der Waals surface area contributed by atoms with Crippen LogP contribution in [-0.2, 0) is 29.9 Å². The maximum Gasteiger partial charge on any atom is 0.248 e. The zero-order valence-electron chi connectivity index (χ0n) is 17.9. The third-order valence-electron chi connectivity index (χ3n) is 5.99. The number of aliphatic hydroxyl groups is 1.